The van der Waals surface area contributed by atoms with E-state index in [4.69, 9.17) is 16.3 Å². The van der Waals surface area contributed by atoms with E-state index in [2.05, 4.69) is 28.1 Å². The van der Waals surface area contributed by atoms with Crippen molar-refractivity contribution in [3.8, 4) is 0 Å². The number of aliphatic hydroxyl groups is 2. The first-order valence-corrected chi connectivity index (χ1v) is 13.2. The van der Waals surface area contributed by atoms with Gasteiger partial charge in [-0.15, -0.1) is 0 Å². The Kier molecular flexibility index (Phi) is 7.10. The summed E-state index contributed by atoms with van der Waals surface area (Å²) >= 11 is 6.38. The lowest BCUT2D eigenvalue weighted by atomic mass is 9.78. The summed E-state index contributed by atoms with van der Waals surface area (Å²) in [6.45, 7) is 6.73. The van der Waals surface area contributed by atoms with Gasteiger partial charge in [0, 0.05) is 53.5 Å². The van der Waals surface area contributed by atoms with Gasteiger partial charge in [0.2, 0.25) is 0 Å². The van der Waals surface area contributed by atoms with E-state index in [9.17, 15) is 10.2 Å². The van der Waals surface area contributed by atoms with Crippen molar-refractivity contribution in [3.63, 3.8) is 0 Å². The maximum atomic E-state index is 11.3. The topological polar surface area (TPSA) is 65.8 Å². The lowest BCUT2D eigenvalue weighted by Gasteiger charge is -2.39. The molecule has 0 spiro atoms. The van der Waals surface area contributed by atoms with Crippen molar-refractivity contribution in [3.05, 3.63) is 94.0 Å². The molecule has 3 heterocycles. The molecule has 2 aromatic rings. The molecule has 0 radical (unpaired) electrons. The van der Waals surface area contributed by atoms with E-state index >= 15 is 0 Å². The van der Waals surface area contributed by atoms with Crippen LogP contribution in [0.4, 0.5) is 0 Å². The predicted molar refractivity (Wildman–Crippen MR) is 143 cm³/mol. The molecule has 190 valence electrons. The number of hydrogen-bond donors (Lipinski definition) is 2. The molecule has 2 aliphatic heterocycles. The monoisotopic (exact) mass is 506 g/mol. The Hall–Kier alpha value is -2.44. The average molecular weight is 507 g/mol. The first-order valence-electron chi connectivity index (χ1n) is 12.9. The van der Waals surface area contributed by atoms with Gasteiger partial charge in [0.1, 0.15) is 12.4 Å². The van der Waals surface area contributed by atoms with Crippen LogP contribution in [-0.2, 0) is 16.9 Å². The maximum absolute atomic E-state index is 11.3. The first-order chi connectivity index (χ1) is 17.2. The molecule has 1 aromatic carbocycles. The molecule has 3 aliphatic rings. The quantitative estimate of drug-likeness (QED) is 0.550. The Morgan fingerprint density at radius 3 is 2.72 bits per heavy atom. The van der Waals surface area contributed by atoms with Gasteiger partial charge in [0.25, 0.3) is 0 Å². The van der Waals surface area contributed by atoms with E-state index in [0.717, 1.165) is 66.2 Å². The molecular formula is C30H35ClN2O3. The van der Waals surface area contributed by atoms with E-state index in [0.29, 0.717) is 24.5 Å². The molecule has 6 heteroatoms. The summed E-state index contributed by atoms with van der Waals surface area (Å²) < 4.78 is 6.15. The van der Waals surface area contributed by atoms with Crippen molar-refractivity contribution in [2.24, 2.45) is 5.92 Å². The van der Waals surface area contributed by atoms with Gasteiger partial charge >= 0.3 is 0 Å². The molecule has 5 nitrogen and oxygen atoms in total. The third kappa shape index (κ3) is 5.16. The second-order valence-corrected chi connectivity index (χ2v) is 11.1. The number of likely N-dealkylation sites (tertiary alicyclic amines) is 1. The highest BCUT2D eigenvalue weighted by atomic mass is 35.5. The number of aromatic nitrogens is 1. The maximum Gasteiger partial charge on any atom is 0.131 e. The van der Waals surface area contributed by atoms with Gasteiger partial charge in [-0.2, -0.15) is 0 Å². The van der Waals surface area contributed by atoms with Crippen LogP contribution in [0.5, 0.6) is 0 Å². The molecule has 5 rings (SSSR count). The van der Waals surface area contributed by atoms with Gasteiger partial charge in [-0.3, -0.25) is 4.98 Å². The molecule has 0 amide bonds. The van der Waals surface area contributed by atoms with E-state index in [1.165, 1.54) is 0 Å². The van der Waals surface area contributed by atoms with Crippen LogP contribution < -0.4 is 0 Å². The summed E-state index contributed by atoms with van der Waals surface area (Å²) in [5.74, 6) is 0.897. The summed E-state index contributed by atoms with van der Waals surface area (Å²) in [5.41, 5.74) is 3.51. The fourth-order valence-corrected chi connectivity index (χ4v) is 5.85. The summed E-state index contributed by atoms with van der Waals surface area (Å²) in [5, 5.41) is 22.6. The third-order valence-corrected chi connectivity index (χ3v) is 8.16. The van der Waals surface area contributed by atoms with E-state index < -0.39 is 11.2 Å². The van der Waals surface area contributed by atoms with Crippen LogP contribution >= 0.6 is 11.6 Å². The van der Waals surface area contributed by atoms with Crippen molar-refractivity contribution >= 4 is 17.2 Å². The van der Waals surface area contributed by atoms with Crippen molar-refractivity contribution in [2.45, 2.75) is 57.3 Å². The zero-order valence-electron chi connectivity index (χ0n) is 21.1. The zero-order chi connectivity index (χ0) is 25.3. The van der Waals surface area contributed by atoms with Crippen molar-refractivity contribution in [2.75, 3.05) is 19.6 Å². The number of hydrogen-bond acceptors (Lipinski definition) is 5. The second kappa shape index (κ2) is 10.1. The Bertz CT molecular complexity index is 1200. The molecule has 0 saturated carbocycles. The highest BCUT2D eigenvalue weighted by Gasteiger charge is 2.35. The molecule has 1 fully saturated rings. The number of benzene rings is 1. The summed E-state index contributed by atoms with van der Waals surface area (Å²) in [6, 6.07) is 11.7. The summed E-state index contributed by atoms with van der Waals surface area (Å²) in [4.78, 5) is 7.00. The van der Waals surface area contributed by atoms with Crippen LogP contribution in [0.2, 0.25) is 5.02 Å². The van der Waals surface area contributed by atoms with Crippen LogP contribution in [-0.4, -0.2) is 45.3 Å². The van der Waals surface area contributed by atoms with Crippen molar-refractivity contribution in [1.29, 1.82) is 0 Å². The Labute approximate surface area is 218 Å². The van der Waals surface area contributed by atoms with Crippen LogP contribution in [0.15, 0.2) is 72.2 Å². The number of nitrogens with zero attached hydrogens (tertiary/aromatic N) is 2. The normalized spacial score (nSPS) is 23.1. The molecule has 1 aromatic heterocycles. The highest BCUT2D eigenvalue weighted by Crippen LogP contribution is 2.42. The van der Waals surface area contributed by atoms with E-state index in [1.807, 2.05) is 56.5 Å². The first kappa shape index (κ1) is 25.2. The van der Waals surface area contributed by atoms with Gasteiger partial charge in [-0.25, -0.2) is 0 Å². The van der Waals surface area contributed by atoms with Crippen LogP contribution in [0.25, 0.3) is 5.57 Å². The largest absolute Gasteiger partial charge is 0.487 e. The lowest BCUT2D eigenvalue weighted by Crippen LogP contribution is -2.43. The predicted octanol–water partition coefficient (Wildman–Crippen LogP) is 5.62. The molecule has 1 saturated heterocycles. The van der Waals surface area contributed by atoms with Crippen molar-refractivity contribution in [1.82, 2.24) is 9.88 Å². The molecule has 1 atom stereocenters. The fourth-order valence-electron chi connectivity index (χ4n) is 5.54. The molecule has 0 bridgehead atoms. The molecule has 1 aliphatic carbocycles. The molecule has 1 unspecified atom stereocenters. The third-order valence-electron chi connectivity index (χ3n) is 7.83. The number of rotatable bonds is 5. The molecule has 2 N–H and O–H groups in total. The number of piperidine rings is 1. The van der Waals surface area contributed by atoms with Gasteiger partial charge in [-0.1, -0.05) is 48.0 Å². The van der Waals surface area contributed by atoms with Crippen LogP contribution in [0.1, 0.15) is 56.4 Å². The smallest absolute Gasteiger partial charge is 0.131 e. The minimum Gasteiger partial charge on any atom is -0.487 e. The Morgan fingerprint density at radius 1 is 1.19 bits per heavy atom. The highest BCUT2D eigenvalue weighted by molar-refractivity contribution is 6.31. The van der Waals surface area contributed by atoms with E-state index in [-0.39, 0.29) is 5.92 Å². The van der Waals surface area contributed by atoms with Gasteiger partial charge in [0.15, 0.2) is 0 Å². The molecule has 36 heavy (non-hydrogen) atoms. The van der Waals surface area contributed by atoms with Gasteiger partial charge in [0.05, 0.1) is 16.9 Å². The van der Waals surface area contributed by atoms with Gasteiger partial charge in [-0.05, 0) is 63.3 Å². The zero-order valence-corrected chi connectivity index (χ0v) is 21.8. The van der Waals surface area contributed by atoms with Crippen LogP contribution in [0.3, 0.4) is 0 Å². The van der Waals surface area contributed by atoms with Crippen molar-refractivity contribution < 1.29 is 14.9 Å². The number of halogens is 1. The van der Waals surface area contributed by atoms with E-state index in [1.54, 1.807) is 0 Å². The fraction of sp³-hybridized carbons (Fsp3) is 0.433. The SMILES string of the molecule is CC(C)(O)C1C=CC2=C(C1)/C(=C/CCN1CCC(O)(c3ccccc3Cl)CC1)c1cccnc1CO2. The minimum atomic E-state index is -0.864. The Balaban J connectivity index is 1.32. The number of fused-ring (bicyclic) bond motifs is 1. The van der Waals surface area contributed by atoms with Crippen LogP contribution in [0, 0.1) is 5.92 Å². The summed E-state index contributed by atoms with van der Waals surface area (Å²) in [7, 11) is 0. The number of allylic oxidation sites excluding steroid dienone is 3. The molecular weight excluding hydrogens is 472 g/mol. The number of pyridine rings is 1. The summed E-state index contributed by atoms with van der Waals surface area (Å²) in [6.07, 6.45) is 11.1. The van der Waals surface area contributed by atoms with Gasteiger partial charge < -0.3 is 19.8 Å². The second-order valence-electron chi connectivity index (χ2n) is 10.7. The lowest BCUT2D eigenvalue weighted by molar-refractivity contribution is -0.0253. The Morgan fingerprint density at radius 2 is 1.97 bits per heavy atom. The minimum absolute atomic E-state index is 0.0195. The number of ether oxygens (including phenoxy) is 1. The standard InChI is InChI=1S/C30H35ClN2O3/c1-29(2,34)21-11-12-28-24(19-21)22(23-7-5-15-32-27(23)20-36-28)8-6-16-33-17-13-30(35,14-18-33)25-9-3-4-10-26(25)31/h3-5,7-12,15,21,34-35H,6,13-14,16-20H2,1-2H3/b22-8+. The average Bonchev–Trinajstić information content (AvgIpc) is 3.02.